The predicted octanol–water partition coefficient (Wildman–Crippen LogP) is 3.99. The third-order valence-corrected chi connectivity index (χ3v) is 9.95. The Balaban J connectivity index is 1.67. The Morgan fingerprint density at radius 3 is 2.53 bits per heavy atom. The number of aliphatic hydroxyl groups excluding tert-OH is 2. The molecule has 3 aliphatic rings. The lowest BCUT2D eigenvalue weighted by Crippen LogP contribution is -2.57. The molecule has 2 fully saturated rings. The van der Waals surface area contributed by atoms with Crippen molar-refractivity contribution < 1.29 is 19.8 Å². The van der Waals surface area contributed by atoms with Gasteiger partial charge >= 0.3 is 0 Å². The molecule has 4 N–H and O–H groups in total. The van der Waals surface area contributed by atoms with E-state index in [2.05, 4.69) is 17.6 Å². The Hall–Kier alpha value is -1.51. The Morgan fingerprint density at radius 1 is 1.18 bits per heavy atom. The maximum Gasteiger partial charge on any atom is 0.229 e. The number of carbonyl (C=O) groups excluding carboxylic acids is 2. The van der Waals surface area contributed by atoms with Crippen LogP contribution in [0.1, 0.15) is 95.6 Å². The number of hydrogen-bond donors (Lipinski definition) is 4. The summed E-state index contributed by atoms with van der Waals surface area (Å²) in [7, 11) is 0. The summed E-state index contributed by atoms with van der Waals surface area (Å²) in [5.41, 5.74) is -0.0118. The van der Waals surface area contributed by atoms with Crippen LogP contribution in [0.4, 0.5) is 5.13 Å². The van der Waals surface area contributed by atoms with E-state index < -0.39 is 11.5 Å². The summed E-state index contributed by atoms with van der Waals surface area (Å²) in [4.78, 5) is 31.8. The van der Waals surface area contributed by atoms with Gasteiger partial charge in [0.05, 0.1) is 18.4 Å². The van der Waals surface area contributed by atoms with Crippen LogP contribution < -0.4 is 10.6 Å². The molecule has 0 aromatic carbocycles. The van der Waals surface area contributed by atoms with Crippen LogP contribution in [0.2, 0.25) is 0 Å². The highest BCUT2D eigenvalue weighted by molar-refractivity contribution is 7.15. The van der Waals surface area contributed by atoms with E-state index in [1.807, 2.05) is 20.8 Å². The molecule has 0 unspecified atom stereocenters. The van der Waals surface area contributed by atoms with E-state index in [0.717, 1.165) is 42.7 Å². The highest BCUT2D eigenvalue weighted by Gasteiger charge is 2.59. The zero-order chi connectivity index (χ0) is 24.7. The first-order chi connectivity index (χ1) is 16.1. The van der Waals surface area contributed by atoms with Crippen LogP contribution in [-0.2, 0) is 16.0 Å². The second kappa shape index (κ2) is 9.86. The van der Waals surface area contributed by atoms with Crippen LogP contribution in [0.5, 0.6) is 0 Å². The summed E-state index contributed by atoms with van der Waals surface area (Å²) in [5.74, 6) is -0.0183. The molecule has 8 heteroatoms. The van der Waals surface area contributed by atoms with Gasteiger partial charge in [-0.1, -0.05) is 33.1 Å². The lowest BCUT2D eigenvalue weighted by atomic mass is 9.47. The zero-order valence-electron chi connectivity index (χ0n) is 21.0. The maximum atomic E-state index is 12.9. The number of fused-ring (bicyclic) bond motifs is 2. The zero-order valence-corrected chi connectivity index (χ0v) is 21.8. The fraction of sp³-hybridized carbons (Fsp3) is 0.808. The van der Waals surface area contributed by atoms with Gasteiger partial charge in [-0.15, -0.1) is 11.3 Å². The van der Waals surface area contributed by atoms with Gasteiger partial charge in [0.1, 0.15) is 0 Å². The van der Waals surface area contributed by atoms with Gasteiger partial charge in [0.2, 0.25) is 11.8 Å². The van der Waals surface area contributed by atoms with Gasteiger partial charge in [-0.25, -0.2) is 4.98 Å². The molecule has 1 aromatic rings. The average Bonchev–Trinajstić information content (AvgIpc) is 3.20. The van der Waals surface area contributed by atoms with Gasteiger partial charge in [-0.05, 0) is 57.3 Å². The molecule has 0 radical (unpaired) electrons. The largest absolute Gasteiger partial charge is 0.396 e. The van der Waals surface area contributed by atoms with Gasteiger partial charge < -0.3 is 20.8 Å². The number of nitrogens with one attached hydrogen (secondary N) is 2. The van der Waals surface area contributed by atoms with Crippen molar-refractivity contribution in [1.29, 1.82) is 0 Å². The summed E-state index contributed by atoms with van der Waals surface area (Å²) in [6.07, 6.45) is 7.05. The third-order valence-electron chi connectivity index (χ3n) is 8.94. The molecule has 0 bridgehead atoms. The number of carbonyl (C=O) groups is 2. The van der Waals surface area contributed by atoms with Crippen molar-refractivity contribution in [2.75, 3.05) is 11.9 Å². The summed E-state index contributed by atoms with van der Waals surface area (Å²) in [6.45, 7) is 7.99. The lowest BCUT2D eigenvalue weighted by Gasteiger charge is -2.58. The fourth-order valence-electron chi connectivity index (χ4n) is 6.84. The Bertz CT molecular complexity index is 912. The van der Waals surface area contributed by atoms with E-state index in [4.69, 9.17) is 4.98 Å². The van der Waals surface area contributed by atoms with Crippen LogP contribution in [0.25, 0.3) is 0 Å². The Morgan fingerprint density at radius 2 is 1.88 bits per heavy atom. The molecular weight excluding hydrogens is 450 g/mol. The predicted molar refractivity (Wildman–Crippen MR) is 134 cm³/mol. The standard InChI is InChI=1S/C26H41N3O4S/c1-15(2)27-21(32)12-17-22-18(13-19-25(17,3)11-10-20(31)26(19,4)14-30)34-24(28-22)29-23(33)16-8-6-5-7-9-16/h15-17,19-20,30-31H,5-14H2,1-4H3,(H,27,32)(H,28,29,33)/t17-,19+,20-,25+,26+/m1/s1. The second-order valence-electron chi connectivity index (χ2n) is 11.6. The fourth-order valence-corrected chi connectivity index (χ4v) is 7.91. The molecule has 2 saturated carbocycles. The van der Waals surface area contributed by atoms with Crippen molar-refractivity contribution in [2.45, 2.75) is 104 Å². The molecule has 7 nitrogen and oxygen atoms in total. The third kappa shape index (κ3) is 4.65. The van der Waals surface area contributed by atoms with Gasteiger partial charge in [0.25, 0.3) is 0 Å². The van der Waals surface area contributed by atoms with E-state index in [1.54, 1.807) is 0 Å². The summed E-state index contributed by atoms with van der Waals surface area (Å²) >= 11 is 1.50. The first-order valence-electron chi connectivity index (χ1n) is 13.0. The minimum atomic E-state index is -0.646. The number of amides is 2. The molecule has 5 atom stereocenters. The van der Waals surface area contributed by atoms with Crippen LogP contribution in [0, 0.1) is 22.7 Å². The van der Waals surface area contributed by atoms with Crippen LogP contribution in [-0.4, -0.2) is 45.8 Å². The molecule has 0 spiro atoms. The van der Waals surface area contributed by atoms with Crippen molar-refractivity contribution in [1.82, 2.24) is 10.3 Å². The first-order valence-corrected chi connectivity index (χ1v) is 13.8. The number of anilines is 1. The minimum Gasteiger partial charge on any atom is -0.396 e. The van der Waals surface area contributed by atoms with Crippen LogP contribution in [0.3, 0.4) is 0 Å². The van der Waals surface area contributed by atoms with Crippen LogP contribution in [0.15, 0.2) is 0 Å². The number of hydrogen-bond acceptors (Lipinski definition) is 6. The maximum absolute atomic E-state index is 12.9. The van der Waals surface area contributed by atoms with Crippen molar-refractivity contribution in [3.63, 3.8) is 0 Å². The number of aliphatic hydroxyl groups is 2. The monoisotopic (exact) mass is 491 g/mol. The number of thiazole rings is 1. The van der Waals surface area contributed by atoms with Crippen molar-refractivity contribution in [3.8, 4) is 0 Å². The van der Waals surface area contributed by atoms with Gasteiger partial charge in [0, 0.05) is 34.6 Å². The summed E-state index contributed by atoms with van der Waals surface area (Å²) in [5, 5.41) is 28.0. The Kier molecular flexibility index (Phi) is 7.42. The molecule has 34 heavy (non-hydrogen) atoms. The molecule has 0 saturated heterocycles. The van der Waals surface area contributed by atoms with Gasteiger partial charge in [0.15, 0.2) is 5.13 Å². The quantitative estimate of drug-likeness (QED) is 0.481. The minimum absolute atomic E-state index is 0.00885. The molecule has 2 amide bonds. The van der Waals surface area contributed by atoms with Gasteiger partial charge in [-0.3, -0.25) is 9.59 Å². The van der Waals surface area contributed by atoms with E-state index >= 15 is 0 Å². The summed E-state index contributed by atoms with van der Waals surface area (Å²) < 4.78 is 0. The van der Waals surface area contributed by atoms with E-state index in [9.17, 15) is 19.8 Å². The van der Waals surface area contributed by atoms with Crippen molar-refractivity contribution >= 4 is 28.3 Å². The topological polar surface area (TPSA) is 112 Å². The molecule has 3 aliphatic carbocycles. The molecule has 1 aromatic heterocycles. The lowest BCUT2D eigenvalue weighted by molar-refractivity contribution is -0.144. The van der Waals surface area contributed by atoms with E-state index in [0.29, 0.717) is 24.4 Å². The van der Waals surface area contributed by atoms with E-state index in [-0.39, 0.29) is 47.6 Å². The molecule has 1 heterocycles. The first kappa shape index (κ1) is 25.6. The van der Waals surface area contributed by atoms with Crippen molar-refractivity contribution in [2.24, 2.45) is 22.7 Å². The van der Waals surface area contributed by atoms with E-state index in [1.165, 1.54) is 17.8 Å². The smallest absolute Gasteiger partial charge is 0.229 e. The number of aromatic nitrogens is 1. The Labute approximate surface area is 207 Å². The molecule has 190 valence electrons. The number of rotatable bonds is 6. The highest BCUT2D eigenvalue weighted by atomic mass is 32.1. The molecule has 0 aliphatic heterocycles. The second-order valence-corrected chi connectivity index (χ2v) is 12.7. The average molecular weight is 492 g/mol. The molecular formula is C26H41N3O4S. The number of nitrogens with zero attached hydrogens (tertiary/aromatic N) is 1. The summed E-state index contributed by atoms with van der Waals surface area (Å²) in [6, 6.07) is 0.0517. The van der Waals surface area contributed by atoms with Crippen molar-refractivity contribution in [3.05, 3.63) is 10.6 Å². The highest BCUT2D eigenvalue weighted by Crippen LogP contribution is 2.62. The normalized spacial score (nSPS) is 33.8. The molecule has 4 rings (SSSR count). The SMILES string of the molecule is CC(C)NC(=O)C[C@@H]1c2nc(NC(=O)C3CCCCC3)sc2C[C@@H]2[C@](C)(CO)[C@H](O)CC[C@]21C. The van der Waals surface area contributed by atoms with Crippen LogP contribution >= 0.6 is 11.3 Å². The van der Waals surface area contributed by atoms with Gasteiger partial charge in [-0.2, -0.15) is 0 Å².